The molecule has 6 nitrogen and oxygen atoms in total. The first kappa shape index (κ1) is 16.5. The summed E-state index contributed by atoms with van der Waals surface area (Å²) in [5.41, 5.74) is 4.88. The van der Waals surface area contributed by atoms with Gasteiger partial charge in [0.05, 0.1) is 11.4 Å². The summed E-state index contributed by atoms with van der Waals surface area (Å²) in [7, 11) is 0. The number of aromatic nitrogens is 2. The van der Waals surface area contributed by atoms with Crippen molar-refractivity contribution in [2.24, 2.45) is 10.9 Å². The number of nitrogens with zero attached hydrogens (tertiary/aromatic N) is 4. The van der Waals surface area contributed by atoms with Gasteiger partial charge in [0.2, 0.25) is 0 Å². The first-order chi connectivity index (χ1) is 13.2. The van der Waals surface area contributed by atoms with Crippen LogP contribution in [0, 0.1) is 12.8 Å². The van der Waals surface area contributed by atoms with Crippen LogP contribution in [-0.4, -0.2) is 44.5 Å². The van der Waals surface area contributed by atoms with Crippen LogP contribution in [-0.2, 0) is 0 Å². The van der Waals surface area contributed by atoms with Crippen molar-refractivity contribution in [3.05, 3.63) is 65.8 Å². The summed E-state index contributed by atoms with van der Waals surface area (Å²) in [6.45, 7) is 4.09. The van der Waals surface area contributed by atoms with Gasteiger partial charge in [-0.25, -0.2) is 9.98 Å². The van der Waals surface area contributed by atoms with Crippen LogP contribution in [0.15, 0.2) is 59.5 Å². The molecule has 138 valence electrons. The molecule has 3 aliphatic heterocycles. The van der Waals surface area contributed by atoms with Crippen molar-refractivity contribution in [1.82, 2.24) is 19.6 Å². The van der Waals surface area contributed by atoms with E-state index in [4.69, 9.17) is 4.99 Å². The number of hydrogen-bond donors (Lipinski definition) is 2. The molecular formula is C21H23N5O. The van der Waals surface area contributed by atoms with E-state index in [-0.39, 0.29) is 0 Å². The van der Waals surface area contributed by atoms with Gasteiger partial charge < -0.3 is 19.7 Å². The van der Waals surface area contributed by atoms with E-state index < -0.39 is 6.23 Å². The van der Waals surface area contributed by atoms with Crippen LogP contribution in [0.2, 0.25) is 0 Å². The van der Waals surface area contributed by atoms with Crippen LogP contribution in [0.5, 0.6) is 0 Å². The van der Waals surface area contributed by atoms with Crippen molar-refractivity contribution in [3.63, 3.8) is 0 Å². The normalized spacial score (nSPS) is 23.1. The number of aliphatic imine (C=N–C) groups is 1. The summed E-state index contributed by atoms with van der Waals surface area (Å²) >= 11 is 0. The largest absolute Gasteiger partial charge is 0.369 e. The van der Waals surface area contributed by atoms with Gasteiger partial charge in [-0.1, -0.05) is 6.08 Å². The standard InChI is InChI=1S/C21H23N5O/c1-14-12-25-9-6-16(10-20(25)23-14)18-11-21(27)26-13-17(2-3-19(26)24-18)15-4-7-22-8-5-15/h2-3,6,9-13,15,21-22,27H,4-5,7-8H2,1H3. The molecule has 5 heterocycles. The molecule has 5 rings (SSSR count). The highest BCUT2D eigenvalue weighted by molar-refractivity contribution is 6.00. The zero-order valence-corrected chi connectivity index (χ0v) is 15.3. The van der Waals surface area contributed by atoms with E-state index in [2.05, 4.69) is 22.6 Å². The van der Waals surface area contributed by atoms with Gasteiger partial charge in [-0.05, 0) is 68.6 Å². The average Bonchev–Trinajstić information content (AvgIpc) is 3.07. The van der Waals surface area contributed by atoms with Gasteiger partial charge in [-0.3, -0.25) is 0 Å². The van der Waals surface area contributed by atoms with E-state index in [0.29, 0.717) is 5.92 Å². The maximum absolute atomic E-state index is 10.7. The smallest absolute Gasteiger partial charge is 0.153 e. The number of fused-ring (bicyclic) bond motifs is 2. The second-order valence-electron chi connectivity index (χ2n) is 7.39. The lowest BCUT2D eigenvalue weighted by Gasteiger charge is -2.34. The van der Waals surface area contributed by atoms with Crippen molar-refractivity contribution in [3.8, 4) is 0 Å². The molecular weight excluding hydrogens is 338 g/mol. The summed E-state index contributed by atoms with van der Waals surface area (Å²) in [6.07, 6.45) is 13.6. The van der Waals surface area contributed by atoms with Crippen LogP contribution in [0.25, 0.3) is 11.3 Å². The summed E-state index contributed by atoms with van der Waals surface area (Å²) in [4.78, 5) is 11.2. The number of amidine groups is 1. The van der Waals surface area contributed by atoms with Gasteiger partial charge in [0.1, 0.15) is 11.5 Å². The number of imidazole rings is 1. The zero-order chi connectivity index (χ0) is 18.4. The average molecular weight is 361 g/mol. The minimum Gasteiger partial charge on any atom is -0.369 e. The molecule has 1 atom stereocenters. The van der Waals surface area contributed by atoms with Gasteiger partial charge >= 0.3 is 0 Å². The highest BCUT2D eigenvalue weighted by Crippen LogP contribution is 2.30. The first-order valence-electron chi connectivity index (χ1n) is 9.50. The van der Waals surface area contributed by atoms with Crippen molar-refractivity contribution in [1.29, 1.82) is 0 Å². The summed E-state index contributed by atoms with van der Waals surface area (Å²) in [6, 6.07) is 4.02. The lowest BCUT2D eigenvalue weighted by Crippen LogP contribution is -2.39. The fourth-order valence-corrected chi connectivity index (χ4v) is 4.04. The van der Waals surface area contributed by atoms with E-state index >= 15 is 0 Å². The van der Waals surface area contributed by atoms with Crippen LogP contribution in [0.1, 0.15) is 24.1 Å². The predicted octanol–water partition coefficient (Wildman–Crippen LogP) is 2.47. The molecule has 2 aromatic heterocycles. The molecule has 1 saturated heterocycles. The quantitative estimate of drug-likeness (QED) is 0.862. The monoisotopic (exact) mass is 361 g/mol. The Balaban J connectivity index is 1.44. The summed E-state index contributed by atoms with van der Waals surface area (Å²) < 4.78 is 1.99. The molecule has 0 saturated carbocycles. The van der Waals surface area contributed by atoms with E-state index in [0.717, 1.165) is 54.4 Å². The maximum atomic E-state index is 10.7. The predicted molar refractivity (Wildman–Crippen MR) is 106 cm³/mol. The SMILES string of the molecule is Cc1cn2ccc(C3=CC(O)N4C=C(C5CCNCC5)C=CC4=N3)cc2n1. The Kier molecular flexibility index (Phi) is 3.95. The Morgan fingerprint density at radius 3 is 2.93 bits per heavy atom. The minimum atomic E-state index is -0.716. The Hall–Kier alpha value is -2.70. The fourth-order valence-electron chi connectivity index (χ4n) is 4.04. The third kappa shape index (κ3) is 3.01. The minimum absolute atomic E-state index is 0.549. The molecule has 1 fully saturated rings. The highest BCUT2D eigenvalue weighted by atomic mass is 16.3. The van der Waals surface area contributed by atoms with Gasteiger partial charge in [-0.15, -0.1) is 0 Å². The van der Waals surface area contributed by atoms with Crippen molar-refractivity contribution < 1.29 is 5.11 Å². The number of rotatable bonds is 2. The highest BCUT2D eigenvalue weighted by Gasteiger charge is 2.26. The Morgan fingerprint density at radius 1 is 1.22 bits per heavy atom. The van der Waals surface area contributed by atoms with E-state index in [9.17, 15) is 5.11 Å². The molecule has 0 aliphatic carbocycles. The van der Waals surface area contributed by atoms with Crippen LogP contribution in [0.3, 0.4) is 0 Å². The lowest BCUT2D eigenvalue weighted by molar-refractivity contribution is 0.126. The molecule has 0 bridgehead atoms. The van der Waals surface area contributed by atoms with Crippen LogP contribution < -0.4 is 5.32 Å². The van der Waals surface area contributed by atoms with Crippen LogP contribution >= 0.6 is 0 Å². The first-order valence-corrected chi connectivity index (χ1v) is 9.50. The Bertz CT molecular complexity index is 1010. The molecule has 1 unspecified atom stereocenters. The molecule has 0 radical (unpaired) electrons. The van der Waals surface area contributed by atoms with Crippen molar-refractivity contribution >= 4 is 17.2 Å². The number of nitrogens with one attached hydrogen (secondary N) is 1. The lowest BCUT2D eigenvalue weighted by atomic mass is 9.89. The summed E-state index contributed by atoms with van der Waals surface area (Å²) in [5, 5.41) is 14.1. The topological polar surface area (TPSA) is 65.2 Å². The zero-order valence-electron chi connectivity index (χ0n) is 15.3. The fraction of sp³-hybridized carbons (Fsp3) is 0.333. The molecule has 3 aliphatic rings. The number of piperidine rings is 1. The number of aliphatic hydroxyl groups is 1. The molecule has 0 amide bonds. The molecule has 0 aromatic carbocycles. The third-order valence-corrected chi connectivity index (χ3v) is 5.49. The van der Waals surface area contributed by atoms with Gasteiger partial charge in [0, 0.05) is 24.2 Å². The van der Waals surface area contributed by atoms with Gasteiger partial charge in [-0.2, -0.15) is 0 Å². The number of pyridine rings is 1. The van der Waals surface area contributed by atoms with Gasteiger partial charge in [0.25, 0.3) is 0 Å². The molecule has 2 aromatic rings. The van der Waals surface area contributed by atoms with Gasteiger partial charge in [0.15, 0.2) is 6.23 Å². The molecule has 2 N–H and O–H groups in total. The third-order valence-electron chi connectivity index (χ3n) is 5.49. The number of aliphatic hydroxyl groups excluding tert-OH is 1. The second-order valence-corrected chi connectivity index (χ2v) is 7.39. The Labute approximate surface area is 158 Å². The van der Waals surface area contributed by atoms with E-state index in [1.165, 1.54) is 5.57 Å². The van der Waals surface area contributed by atoms with Crippen molar-refractivity contribution in [2.75, 3.05) is 13.1 Å². The van der Waals surface area contributed by atoms with Crippen LogP contribution in [0.4, 0.5) is 0 Å². The Morgan fingerprint density at radius 2 is 2.07 bits per heavy atom. The molecule has 27 heavy (non-hydrogen) atoms. The maximum Gasteiger partial charge on any atom is 0.153 e. The summed E-state index contributed by atoms with van der Waals surface area (Å²) in [5.74, 6) is 1.32. The van der Waals surface area contributed by atoms with E-state index in [1.54, 1.807) is 6.08 Å². The van der Waals surface area contributed by atoms with Crippen molar-refractivity contribution in [2.45, 2.75) is 26.0 Å². The molecule has 6 heteroatoms. The number of hydrogen-bond acceptors (Lipinski definition) is 5. The number of allylic oxidation sites excluding steroid dienone is 2. The molecule has 0 spiro atoms. The second kappa shape index (κ2) is 6.48. The van der Waals surface area contributed by atoms with E-state index in [1.807, 2.05) is 46.8 Å². The number of aryl methyl sites for hydroxylation is 1.